The Morgan fingerprint density at radius 1 is 0.868 bits per heavy atom. The number of carbonyl (C=O) groups excluding carboxylic acids is 1. The Kier molecular flexibility index (Phi) is 9.79. The molecule has 0 fully saturated rings. The van der Waals surface area contributed by atoms with Crippen molar-refractivity contribution >= 4 is 16.9 Å². The highest BCUT2D eigenvalue weighted by Gasteiger charge is 2.11. The summed E-state index contributed by atoms with van der Waals surface area (Å²) in [4.78, 5) is 17.3. The Bertz CT molecular complexity index is 1320. The van der Waals surface area contributed by atoms with Gasteiger partial charge >= 0.3 is 0 Å². The first kappa shape index (κ1) is 27.2. The molecule has 4 rings (SSSR count). The van der Waals surface area contributed by atoms with Crippen molar-refractivity contribution in [1.82, 2.24) is 14.9 Å². The van der Waals surface area contributed by atoms with Gasteiger partial charge in [-0.3, -0.25) is 4.79 Å². The minimum atomic E-state index is -0.0628. The van der Waals surface area contributed by atoms with Crippen LogP contribution in [0.5, 0.6) is 11.5 Å². The van der Waals surface area contributed by atoms with E-state index in [1.165, 1.54) is 16.6 Å². The highest BCUT2D eigenvalue weighted by atomic mass is 16.5. The molecule has 3 aromatic carbocycles. The van der Waals surface area contributed by atoms with E-state index in [1.807, 2.05) is 18.2 Å². The number of nitrogens with one attached hydrogen (secondary N) is 1. The van der Waals surface area contributed by atoms with Gasteiger partial charge in [0.25, 0.3) is 5.91 Å². The van der Waals surface area contributed by atoms with E-state index in [4.69, 9.17) is 14.5 Å². The SMILES string of the molecule is COc1cccc(C(=O)NCCCCCc2nc3ccccc3n2CCCCOc2cc(C)cc(C)c2)c1. The normalized spacial score (nSPS) is 11.0. The maximum Gasteiger partial charge on any atom is 0.251 e. The number of amides is 1. The fraction of sp³-hybridized carbons (Fsp3) is 0.375. The predicted octanol–water partition coefficient (Wildman–Crippen LogP) is 6.66. The van der Waals surface area contributed by atoms with Crippen molar-refractivity contribution < 1.29 is 14.3 Å². The van der Waals surface area contributed by atoms with E-state index in [-0.39, 0.29) is 5.91 Å². The van der Waals surface area contributed by atoms with Crippen LogP contribution >= 0.6 is 0 Å². The summed E-state index contributed by atoms with van der Waals surface area (Å²) in [6.07, 6.45) is 5.96. The van der Waals surface area contributed by atoms with Crippen molar-refractivity contribution in [1.29, 1.82) is 0 Å². The van der Waals surface area contributed by atoms with Gasteiger partial charge in [0.1, 0.15) is 17.3 Å². The summed E-state index contributed by atoms with van der Waals surface area (Å²) >= 11 is 0. The smallest absolute Gasteiger partial charge is 0.251 e. The number of benzene rings is 3. The van der Waals surface area contributed by atoms with Crippen LogP contribution in [-0.2, 0) is 13.0 Å². The van der Waals surface area contributed by atoms with Crippen LogP contribution in [0.25, 0.3) is 11.0 Å². The summed E-state index contributed by atoms with van der Waals surface area (Å²) in [7, 11) is 1.60. The molecule has 6 heteroatoms. The summed E-state index contributed by atoms with van der Waals surface area (Å²) < 4.78 is 13.6. The second-order valence-electron chi connectivity index (χ2n) is 9.85. The van der Waals surface area contributed by atoms with Crippen LogP contribution in [0.2, 0.25) is 0 Å². The number of methoxy groups -OCH3 is 1. The molecule has 4 aromatic rings. The maximum absolute atomic E-state index is 12.4. The highest BCUT2D eigenvalue weighted by Crippen LogP contribution is 2.20. The van der Waals surface area contributed by atoms with Crippen LogP contribution in [0, 0.1) is 13.8 Å². The van der Waals surface area contributed by atoms with Gasteiger partial charge in [-0.05, 0) is 93.1 Å². The molecular weight excluding hydrogens is 474 g/mol. The first-order valence-electron chi connectivity index (χ1n) is 13.6. The van der Waals surface area contributed by atoms with E-state index < -0.39 is 0 Å². The van der Waals surface area contributed by atoms with Crippen molar-refractivity contribution in [3.05, 3.63) is 89.2 Å². The Morgan fingerprint density at radius 3 is 2.50 bits per heavy atom. The Hall–Kier alpha value is -3.80. The lowest BCUT2D eigenvalue weighted by atomic mass is 10.1. The third-order valence-corrected chi connectivity index (χ3v) is 6.67. The average Bonchev–Trinajstić information content (AvgIpc) is 3.27. The molecule has 0 aliphatic rings. The second kappa shape index (κ2) is 13.7. The molecule has 0 aliphatic heterocycles. The molecule has 1 aromatic heterocycles. The predicted molar refractivity (Wildman–Crippen MR) is 153 cm³/mol. The molecule has 0 atom stereocenters. The summed E-state index contributed by atoms with van der Waals surface area (Å²) in [5.74, 6) is 2.72. The van der Waals surface area contributed by atoms with E-state index in [2.05, 4.69) is 60.1 Å². The van der Waals surface area contributed by atoms with Gasteiger partial charge in [0, 0.05) is 25.1 Å². The molecule has 1 amide bonds. The topological polar surface area (TPSA) is 65.4 Å². The van der Waals surface area contributed by atoms with E-state index in [0.717, 1.165) is 62.2 Å². The molecule has 1 heterocycles. The quantitative estimate of drug-likeness (QED) is 0.191. The van der Waals surface area contributed by atoms with Crippen LogP contribution < -0.4 is 14.8 Å². The zero-order valence-corrected chi connectivity index (χ0v) is 22.8. The van der Waals surface area contributed by atoms with Gasteiger partial charge in [0.15, 0.2) is 0 Å². The lowest BCUT2D eigenvalue weighted by molar-refractivity contribution is 0.0952. The zero-order valence-electron chi connectivity index (χ0n) is 22.8. The van der Waals surface area contributed by atoms with Crippen LogP contribution in [-0.4, -0.2) is 35.7 Å². The minimum Gasteiger partial charge on any atom is -0.497 e. The fourth-order valence-electron chi connectivity index (χ4n) is 4.80. The van der Waals surface area contributed by atoms with Crippen molar-refractivity contribution in [3.8, 4) is 11.5 Å². The molecule has 0 bridgehead atoms. The first-order chi connectivity index (χ1) is 18.5. The minimum absolute atomic E-state index is 0.0628. The van der Waals surface area contributed by atoms with Crippen LogP contribution in [0.15, 0.2) is 66.7 Å². The maximum atomic E-state index is 12.4. The van der Waals surface area contributed by atoms with Gasteiger partial charge in [0.2, 0.25) is 0 Å². The molecule has 0 unspecified atom stereocenters. The molecule has 0 radical (unpaired) electrons. The number of hydrogen-bond acceptors (Lipinski definition) is 4. The standard InChI is InChI=1S/C32H39N3O3/c1-24-20-25(2)22-28(21-24)38-19-10-9-18-35-30-15-7-6-14-29(30)34-31(35)16-5-4-8-17-33-32(36)26-12-11-13-27(23-26)37-3/h6-7,11-15,20-23H,4-5,8-10,16-19H2,1-3H3,(H,33,36). The van der Waals surface area contributed by atoms with Crippen molar-refractivity contribution in [2.75, 3.05) is 20.3 Å². The van der Waals surface area contributed by atoms with Gasteiger partial charge < -0.3 is 19.4 Å². The largest absolute Gasteiger partial charge is 0.497 e. The van der Waals surface area contributed by atoms with E-state index in [0.29, 0.717) is 24.5 Å². The number of carbonyl (C=O) groups is 1. The van der Waals surface area contributed by atoms with Gasteiger partial charge in [0.05, 0.1) is 24.8 Å². The summed E-state index contributed by atoms with van der Waals surface area (Å²) in [6, 6.07) is 22.0. The number of unbranched alkanes of at least 4 members (excludes halogenated alkanes) is 3. The molecule has 38 heavy (non-hydrogen) atoms. The molecule has 200 valence electrons. The van der Waals surface area contributed by atoms with Gasteiger partial charge in [-0.1, -0.05) is 30.7 Å². The summed E-state index contributed by atoms with van der Waals surface area (Å²) in [5, 5.41) is 3.01. The van der Waals surface area contributed by atoms with Crippen molar-refractivity contribution in [2.24, 2.45) is 0 Å². The third-order valence-electron chi connectivity index (χ3n) is 6.67. The van der Waals surface area contributed by atoms with E-state index in [9.17, 15) is 4.79 Å². The number of fused-ring (bicyclic) bond motifs is 1. The lowest BCUT2D eigenvalue weighted by Gasteiger charge is -2.11. The molecule has 1 N–H and O–H groups in total. The Labute approximate surface area is 226 Å². The number of nitrogens with zero attached hydrogens (tertiary/aromatic N) is 2. The fourth-order valence-corrected chi connectivity index (χ4v) is 4.80. The van der Waals surface area contributed by atoms with Crippen LogP contribution in [0.3, 0.4) is 0 Å². The molecular formula is C32H39N3O3. The molecule has 6 nitrogen and oxygen atoms in total. The van der Waals surface area contributed by atoms with E-state index in [1.54, 1.807) is 19.2 Å². The Morgan fingerprint density at radius 2 is 1.68 bits per heavy atom. The summed E-state index contributed by atoms with van der Waals surface area (Å²) in [5.41, 5.74) is 5.34. The summed E-state index contributed by atoms with van der Waals surface area (Å²) in [6.45, 7) is 6.51. The number of rotatable bonds is 14. The molecule has 0 aliphatic carbocycles. The third kappa shape index (κ3) is 7.60. The number of imidazole rings is 1. The van der Waals surface area contributed by atoms with Gasteiger partial charge in [-0.25, -0.2) is 4.98 Å². The van der Waals surface area contributed by atoms with Crippen molar-refractivity contribution in [3.63, 3.8) is 0 Å². The lowest BCUT2D eigenvalue weighted by Crippen LogP contribution is -2.24. The molecule has 0 saturated carbocycles. The average molecular weight is 514 g/mol. The van der Waals surface area contributed by atoms with Crippen LogP contribution in [0.1, 0.15) is 59.4 Å². The number of aromatic nitrogens is 2. The second-order valence-corrected chi connectivity index (χ2v) is 9.85. The van der Waals surface area contributed by atoms with Gasteiger partial charge in [-0.15, -0.1) is 0 Å². The van der Waals surface area contributed by atoms with Crippen LogP contribution in [0.4, 0.5) is 0 Å². The number of ether oxygens (including phenoxy) is 2. The molecule has 0 saturated heterocycles. The number of aryl methyl sites for hydroxylation is 4. The van der Waals surface area contributed by atoms with Gasteiger partial charge in [-0.2, -0.15) is 0 Å². The monoisotopic (exact) mass is 513 g/mol. The number of hydrogen-bond donors (Lipinski definition) is 1. The first-order valence-corrected chi connectivity index (χ1v) is 13.6. The Balaban J connectivity index is 1.22. The molecule has 0 spiro atoms. The number of para-hydroxylation sites is 2. The van der Waals surface area contributed by atoms with Crippen molar-refractivity contribution in [2.45, 2.75) is 58.9 Å². The van der Waals surface area contributed by atoms with E-state index >= 15 is 0 Å². The zero-order chi connectivity index (χ0) is 26.7. The highest BCUT2D eigenvalue weighted by molar-refractivity contribution is 5.94.